The van der Waals surface area contributed by atoms with Crippen molar-refractivity contribution in [2.24, 2.45) is 29.6 Å². The lowest BCUT2D eigenvalue weighted by molar-refractivity contribution is -0.123. The van der Waals surface area contributed by atoms with Crippen molar-refractivity contribution < 1.29 is 28.2 Å². The predicted molar refractivity (Wildman–Crippen MR) is 176 cm³/mol. The molecule has 0 radical (unpaired) electrons. The van der Waals surface area contributed by atoms with Crippen molar-refractivity contribution in [3.63, 3.8) is 0 Å². The number of benzene rings is 3. The first kappa shape index (κ1) is 29.9. The van der Waals surface area contributed by atoms with Crippen molar-refractivity contribution in [1.29, 1.82) is 0 Å². The zero-order valence-corrected chi connectivity index (χ0v) is 26.8. The van der Waals surface area contributed by atoms with Crippen LogP contribution in [0, 0.1) is 35.4 Å². The highest BCUT2D eigenvalue weighted by atomic mass is 32.2. The van der Waals surface area contributed by atoms with Gasteiger partial charge in [-0.2, -0.15) is 0 Å². The van der Waals surface area contributed by atoms with E-state index in [0.717, 1.165) is 21.9 Å². The minimum atomic E-state index is -0.476. The van der Waals surface area contributed by atoms with E-state index < -0.39 is 17.7 Å². The highest BCUT2D eigenvalue weighted by Crippen LogP contribution is 2.68. The maximum absolute atomic E-state index is 13.9. The summed E-state index contributed by atoms with van der Waals surface area (Å²) in [5.41, 5.74) is 1.97. The molecule has 12 heteroatoms. The second-order valence-electron chi connectivity index (χ2n) is 12.3. The van der Waals surface area contributed by atoms with Gasteiger partial charge in [0.25, 0.3) is 5.91 Å². The molecule has 4 aliphatic rings. The molecule has 4 aromatic rings. The Morgan fingerprint density at radius 2 is 1.70 bits per heavy atom. The van der Waals surface area contributed by atoms with Crippen LogP contribution in [0.3, 0.4) is 0 Å². The third kappa shape index (κ3) is 4.96. The summed E-state index contributed by atoms with van der Waals surface area (Å²) in [6.07, 6.45) is 0.748. The summed E-state index contributed by atoms with van der Waals surface area (Å²) >= 11 is 2.79. The number of anilines is 2. The molecule has 3 fully saturated rings. The van der Waals surface area contributed by atoms with Crippen molar-refractivity contribution >= 4 is 52.2 Å². The Kier molecular flexibility index (Phi) is 7.44. The summed E-state index contributed by atoms with van der Waals surface area (Å²) < 4.78 is 25.6. The van der Waals surface area contributed by atoms with Gasteiger partial charge in [0.1, 0.15) is 5.82 Å². The Hall–Kier alpha value is -4.42. The van der Waals surface area contributed by atoms with Gasteiger partial charge >= 0.3 is 4.87 Å². The number of thiazole rings is 1. The van der Waals surface area contributed by atoms with Gasteiger partial charge in [-0.15, -0.1) is 11.8 Å². The number of carbonyl (C=O) groups excluding carboxylic acids is 3. The highest BCUT2D eigenvalue weighted by molar-refractivity contribution is 8.00. The molecule has 2 N–H and O–H groups in total. The number of amides is 3. The van der Waals surface area contributed by atoms with Crippen LogP contribution < -0.4 is 24.6 Å². The number of nitrogens with one attached hydrogen (secondary N) is 2. The van der Waals surface area contributed by atoms with E-state index in [1.807, 2.05) is 37.3 Å². The minimum Gasteiger partial charge on any atom is -0.490 e. The van der Waals surface area contributed by atoms with E-state index in [1.165, 1.54) is 40.5 Å². The summed E-state index contributed by atoms with van der Waals surface area (Å²) in [4.78, 5) is 58.1. The number of imide groups is 1. The molecule has 2 aliphatic heterocycles. The van der Waals surface area contributed by atoms with Gasteiger partial charge in [0.05, 0.1) is 29.2 Å². The maximum atomic E-state index is 13.9. The number of carbonyl (C=O) groups is 3. The van der Waals surface area contributed by atoms with Crippen LogP contribution in [0.25, 0.3) is 0 Å². The molecule has 2 saturated carbocycles. The molecule has 2 bridgehead atoms. The lowest BCUT2D eigenvalue weighted by Gasteiger charge is -2.43. The van der Waals surface area contributed by atoms with Crippen molar-refractivity contribution in [2.75, 3.05) is 23.4 Å². The standard InChI is InChI=1S/C35H30FN3O6S2/c1-2-44-24-14-17(8-13-23(24)45-16-25(40)37-19-6-4-3-5-7-19)26-27-21-15-22(30(27)46-32-31(26)47-35(43)38-32)29-28(21)33(41)39(34(29)42)20-11-9-18(36)10-12-20/h3-14,21-22,26-30H,2,15-16H2,1H3,(H,37,40)(H,38,43)/t21-,22-,26-,27?,28?,29?,30?/m1/s1. The lowest BCUT2D eigenvalue weighted by Crippen LogP contribution is -2.42. The van der Waals surface area contributed by atoms with Crippen molar-refractivity contribution in [2.45, 2.75) is 29.5 Å². The molecular weight excluding hydrogens is 642 g/mol. The number of rotatable bonds is 8. The fourth-order valence-corrected chi connectivity index (χ4v) is 11.1. The number of nitrogens with zero attached hydrogens (tertiary/aromatic N) is 1. The first-order chi connectivity index (χ1) is 22.8. The van der Waals surface area contributed by atoms with Crippen LogP contribution in [0.5, 0.6) is 11.5 Å². The van der Waals surface area contributed by atoms with Gasteiger partial charge in [0.2, 0.25) is 11.8 Å². The van der Waals surface area contributed by atoms with E-state index in [2.05, 4.69) is 10.3 Å². The van der Waals surface area contributed by atoms with Crippen LogP contribution in [0.4, 0.5) is 15.8 Å². The van der Waals surface area contributed by atoms with E-state index in [4.69, 9.17) is 9.47 Å². The summed E-state index contributed by atoms with van der Waals surface area (Å²) in [5.74, 6) is -1.57. The van der Waals surface area contributed by atoms with E-state index in [9.17, 15) is 23.6 Å². The first-order valence-corrected chi connectivity index (χ1v) is 17.3. The Morgan fingerprint density at radius 3 is 2.45 bits per heavy atom. The number of aromatic amines is 1. The van der Waals surface area contributed by atoms with Gasteiger partial charge in [0.15, 0.2) is 18.1 Å². The third-order valence-electron chi connectivity index (χ3n) is 9.85. The molecule has 1 aromatic heterocycles. The molecule has 1 saturated heterocycles. The summed E-state index contributed by atoms with van der Waals surface area (Å²) in [6, 6.07) is 20.3. The van der Waals surface area contributed by atoms with Gasteiger partial charge in [-0.1, -0.05) is 35.6 Å². The molecule has 4 unspecified atom stereocenters. The molecule has 3 aromatic carbocycles. The van der Waals surface area contributed by atoms with Crippen LogP contribution in [0.2, 0.25) is 0 Å². The van der Waals surface area contributed by atoms with Crippen LogP contribution in [-0.4, -0.2) is 41.2 Å². The normalized spacial score (nSPS) is 26.9. The minimum absolute atomic E-state index is 0.00647. The van der Waals surface area contributed by atoms with Gasteiger partial charge in [-0.25, -0.2) is 4.39 Å². The molecular formula is C35H30FN3O6S2. The largest absolute Gasteiger partial charge is 0.490 e. The van der Waals surface area contributed by atoms with E-state index >= 15 is 0 Å². The number of H-pyrrole nitrogens is 1. The number of hydrogen-bond acceptors (Lipinski definition) is 8. The molecule has 0 spiro atoms. The Balaban J connectivity index is 1.11. The zero-order valence-electron chi connectivity index (χ0n) is 25.2. The van der Waals surface area contributed by atoms with Crippen LogP contribution in [0.1, 0.15) is 29.7 Å². The second-order valence-corrected chi connectivity index (χ2v) is 14.5. The van der Waals surface area contributed by atoms with Gasteiger partial charge in [-0.05, 0) is 85.2 Å². The van der Waals surface area contributed by atoms with Crippen LogP contribution in [0.15, 0.2) is 82.6 Å². The molecule has 8 rings (SSSR count). The SMILES string of the molecule is CCOc1cc([C@H]2c3sc(=O)[nH]c3SC3C2[C@H]2C[C@@H]3C3C(=O)N(c4ccc(F)cc4)C(=O)C32)ccc1OCC(=O)Nc1ccccc1. The fraction of sp³-hybridized carbons (Fsp3) is 0.314. The quantitative estimate of drug-likeness (QED) is 0.232. The lowest BCUT2D eigenvalue weighted by atomic mass is 9.68. The second kappa shape index (κ2) is 11.7. The molecule has 9 nitrogen and oxygen atoms in total. The van der Waals surface area contributed by atoms with Crippen LogP contribution in [-0.2, 0) is 14.4 Å². The highest BCUT2D eigenvalue weighted by Gasteiger charge is 2.69. The molecule has 240 valence electrons. The summed E-state index contributed by atoms with van der Waals surface area (Å²) in [5, 5.41) is 3.63. The number of aromatic nitrogens is 1. The zero-order chi connectivity index (χ0) is 32.4. The Labute approximate surface area is 277 Å². The number of thioether (sulfide) groups is 1. The topological polar surface area (TPSA) is 118 Å². The van der Waals surface area contributed by atoms with E-state index in [-0.39, 0.29) is 58.1 Å². The average molecular weight is 672 g/mol. The Morgan fingerprint density at radius 1 is 0.957 bits per heavy atom. The summed E-state index contributed by atoms with van der Waals surface area (Å²) in [7, 11) is 0. The van der Waals surface area contributed by atoms with E-state index in [1.54, 1.807) is 30.0 Å². The number of ether oxygens (including phenoxy) is 2. The monoisotopic (exact) mass is 671 g/mol. The molecule has 3 heterocycles. The fourth-order valence-electron chi connectivity index (χ4n) is 8.20. The van der Waals surface area contributed by atoms with Gasteiger partial charge in [-0.3, -0.25) is 24.1 Å². The van der Waals surface area contributed by atoms with Gasteiger partial charge in [0, 0.05) is 21.7 Å². The first-order valence-electron chi connectivity index (χ1n) is 15.6. The molecule has 47 heavy (non-hydrogen) atoms. The number of hydrogen-bond donors (Lipinski definition) is 2. The van der Waals surface area contributed by atoms with Crippen LogP contribution >= 0.6 is 23.1 Å². The molecule has 3 amide bonds. The van der Waals surface area contributed by atoms with Gasteiger partial charge < -0.3 is 19.8 Å². The summed E-state index contributed by atoms with van der Waals surface area (Å²) in [6.45, 7) is 2.03. The maximum Gasteiger partial charge on any atom is 0.305 e. The number of fused-ring (bicyclic) bond motifs is 9. The predicted octanol–water partition coefficient (Wildman–Crippen LogP) is 5.67. The molecule has 2 aliphatic carbocycles. The smallest absolute Gasteiger partial charge is 0.305 e. The van der Waals surface area contributed by atoms with E-state index in [0.29, 0.717) is 29.5 Å². The van der Waals surface area contributed by atoms with Crippen molar-refractivity contribution in [3.8, 4) is 11.5 Å². The number of para-hydroxylation sites is 1. The van der Waals surface area contributed by atoms with Crippen molar-refractivity contribution in [3.05, 3.63) is 98.7 Å². The number of halogens is 1. The molecule has 7 atom stereocenters. The Bertz CT molecular complexity index is 1950. The third-order valence-corrected chi connectivity index (χ3v) is 12.4. The van der Waals surface area contributed by atoms with Crippen molar-refractivity contribution in [1.82, 2.24) is 4.98 Å². The average Bonchev–Trinajstić information content (AvgIpc) is 3.80.